The van der Waals surface area contributed by atoms with Crippen LogP contribution >= 0.6 is 0 Å². The van der Waals surface area contributed by atoms with Crippen LogP contribution in [-0.4, -0.2) is 22.2 Å². The van der Waals surface area contributed by atoms with Crippen molar-refractivity contribution in [1.82, 2.24) is 15.1 Å². The van der Waals surface area contributed by atoms with Crippen molar-refractivity contribution in [1.29, 1.82) is 0 Å². The highest BCUT2D eigenvalue weighted by molar-refractivity contribution is 5.56. The van der Waals surface area contributed by atoms with Crippen LogP contribution in [-0.2, 0) is 0 Å². The predicted molar refractivity (Wildman–Crippen MR) is 61.4 cm³/mol. The van der Waals surface area contributed by atoms with E-state index in [9.17, 15) is 0 Å². The molecule has 6 nitrogen and oxygen atoms in total. The lowest BCUT2D eigenvalue weighted by atomic mass is 10.2. The SMILES string of the molecule is COc1cc(-c2noc([C@H](C)N)n2)cc(C)n1. The van der Waals surface area contributed by atoms with E-state index in [1.165, 1.54) is 0 Å². The van der Waals surface area contributed by atoms with Gasteiger partial charge in [0.2, 0.25) is 17.6 Å². The molecule has 6 heteroatoms. The second-order valence-corrected chi connectivity index (χ2v) is 3.78. The number of ether oxygens (including phenoxy) is 1. The number of methoxy groups -OCH3 is 1. The Morgan fingerprint density at radius 1 is 1.35 bits per heavy atom. The van der Waals surface area contributed by atoms with Crippen LogP contribution < -0.4 is 10.5 Å². The van der Waals surface area contributed by atoms with Crippen molar-refractivity contribution in [3.63, 3.8) is 0 Å². The van der Waals surface area contributed by atoms with Crippen LogP contribution in [0.3, 0.4) is 0 Å². The molecule has 2 aromatic heterocycles. The Morgan fingerprint density at radius 2 is 2.12 bits per heavy atom. The fourth-order valence-corrected chi connectivity index (χ4v) is 1.41. The first kappa shape index (κ1) is 11.5. The Bertz CT molecular complexity index is 522. The summed E-state index contributed by atoms with van der Waals surface area (Å²) in [5.41, 5.74) is 7.28. The maximum atomic E-state index is 5.66. The second-order valence-electron chi connectivity index (χ2n) is 3.78. The molecule has 2 rings (SSSR count). The second kappa shape index (κ2) is 4.50. The van der Waals surface area contributed by atoms with Crippen molar-refractivity contribution in [3.8, 4) is 17.3 Å². The van der Waals surface area contributed by atoms with Crippen LogP contribution in [0.4, 0.5) is 0 Å². The van der Waals surface area contributed by atoms with Crippen LogP contribution in [0.15, 0.2) is 16.7 Å². The number of rotatable bonds is 3. The highest BCUT2D eigenvalue weighted by Gasteiger charge is 2.13. The molecule has 0 aliphatic heterocycles. The van der Waals surface area contributed by atoms with Crippen LogP contribution in [0, 0.1) is 6.92 Å². The number of aromatic nitrogens is 3. The van der Waals surface area contributed by atoms with E-state index in [1.807, 2.05) is 13.0 Å². The number of pyridine rings is 1. The minimum absolute atomic E-state index is 0.277. The van der Waals surface area contributed by atoms with Crippen molar-refractivity contribution in [3.05, 3.63) is 23.7 Å². The van der Waals surface area contributed by atoms with Crippen LogP contribution in [0.5, 0.6) is 5.88 Å². The molecule has 0 spiro atoms. The number of nitrogens with two attached hydrogens (primary N) is 1. The van der Waals surface area contributed by atoms with Crippen LogP contribution in [0.25, 0.3) is 11.4 Å². The van der Waals surface area contributed by atoms with Crippen molar-refractivity contribution in [2.75, 3.05) is 7.11 Å². The molecule has 17 heavy (non-hydrogen) atoms. The fraction of sp³-hybridized carbons (Fsp3) is 0.364. The molecular weight excluding hydrogens is 220 g/mol. The first-order valence-electron chi connectivity index (χ1n) is 5.22. The predicted octanol–water partition coefficient (Wildman–Crippen LogP) is 1.47. The molecule has 0 fully saturated rings. The molecule has 0 amide bonds. The Labute approximate surface area is 98.8 Å². The van der Waals surface area contributed by atoms with E-state index in [1.54, 1.807) is 20.1 Å². The molecule has 2 N–H and O–H groups in total. The molecule has 0 aliphatic carbocycles. The van der Waals surface area contributed by atoms with Gasteiger partial charge in [-0.1, -0.05) is 5.16 Å². The van der Waals surface area contributed by atoms with Crippen molar-refractivity contribution in [2.24, 2.45) is 5.73 Å². The molecule has 0 bridgehead atoms. The summed E-state index contributed by atoms with van der Waals surface area (Å²) in [5.74, 6) is 1.42. The smallest absolute Gasteiger partial charge is 0.243 e. The van der Waals surface area contributed by atoms with Gasteiger partial charge in [0.15, 0.2) is 0 Å². The summed E-state index contributed by atoms with van der Waals surface area (Å²) in [5, 5.41) is 3.87. The lowest BCUT2D eigenvalue weighted by Crippen LogP contribution is -2.04. The largest absolute Gasteiger partial charge is 0.481 e. The first-order chi connectivity index (χ1) is 8.10. The summed E-state index contributed by atoms with van der Waals surface area (Å²) in [7, 11) is 1.56. The van der Waals surface area contributed by atoms with Crippen molar-refractivity contribution < 1.29 is 9.26 Å². The standard InChI is InChI=1S/C11H14N4O2/c1-6-4-8(5-9(13-6)16-3)10-14-11(7(2)12)17-15-10/h4-5,7H,12H2,1-3H3/t7-/m0/s1. The lowest BCUT2D eigenvalue weighted by molar-refractivity contribution is 0.362. The third kappa shape index (κ3) is 2.42. The molecule has 0 saturated heterocycles. The van der Waals surface area contributed by atoms with E-state index >= 15 is 0 Å². The number of hydrogen-bond donors (Lipinski definition) is 1. The van der Waals surface area contributed by atoms with E-state index < -0.39 is 0 Å². The Kier molecular flexibility index (Phi) is 3.06. The van der Waals surface area contributed by atoms with E-state index in [0.717, 1.165) is 11.3 Å². The van der Waals surface area contributed by atoms with E-state index in [0.29, 0.717) is 17.6 Å². The van der Waals surface area contributed by atoms with Gasteiger partial charge in [0.05, 0.1) is 13.2 Å². The number of aryl methyl sites for hydroxylation is 1. The quantitative estimate of drug-likeness (QED) is 0.865. The van der Waals surface area contributed by atoms with E-state index in [2.05, 4.69) is 15.1 Å². The molecule has 0 aliphatic rings. The normalized spacial score (nSPS) is 12.5. The molecule has 0 saturated carbocycles. The van der Waals surface area contributed by atoms with E-state index in [-0.39, 0.29) is 6.04 Å². The molecule has 0 unspecified atom stereocenters. The minimum atomic E-state index is -0.277. The van der Waals surface area contributed by atoms with Gasteiger partial charge >= 0.3 is 0 Å². The fourth-order valence-electron chi connectivity index (χ4n) is 1.41. The molecule has 2 aromatic rings. The molecule has 0 aromatic carbocycles. The third-order valence-corrected chi connectivity index (χ3v) is 2.23. The Balaban J connectivity index is 2.41. The summed E-state index contributed by atoms with van der Waals surface area (Å²) < 4.78 is 10.1. The Morgan fingerprint density at radius 3 is 2.71 bits per heavy atom. The average Bonchev–Trinajstić information content (AvgIpc) is 2.77. The zero-order chi connectivity index (χ0) is 12.4. The van der Waals surface area contributed by atoms with Crippen LogP contribution in [0.1, 0.15) is 24.6 Å². The van der Waals surface area contributed by atoms with Gasteiger partial charge < -0.3 is 15.0 Å². The minimum Gasteiger partial charge on any atom is -0.481 e. The summed E-state index contributed by atoms with van der Waals surface area (Å²) in [6.07, 6.45) is 0. The van der Waals surface area contributed by atoms with Crippen LogP contribution in [0.2, 0.25) is 0 Å². The molecule has 1 atom stereocenters. The van der Waals surface area contributed by atoms with Gasteiger partial charge in [-0.3, -0.25) is 0 Å². The summed E-state index contributed by atoms with van der Waals surface area (Å²) in [6.45, 7) is 3.66. The van der Waals surface area contributed by atoms with Gasteiger partial charge in [-0.2, -0.15) is 4.98 Å². The average molecular weight is 234 g/mol. The molecule has 90 valence electrons. The summed E-state index contributed by atoms with van der Waals surface area (Å²) >= 11 is 0. The van der Waals surface area contributed by atoms with Gasteiger partial charge in [0.1, 0.15) is 0 Å². The van der Waals surface area contributed by atoms with Gasteiger partial charge in [-0.15, -0.1) is 0 Å². The summed E-state index contributed by atoms with van der Waals surface area (Å²) in [4.78, 5) is 8.40. The van der Waals surface area contributed by atoms with Gasteiger partial charge in [0, 0.05) is 17.3 Å². The zero-order valence-electron chi connectivity index (χ0n) is 9.97. The monoisotopic (exact) mass is 234 g/mol. The van der Waals surface area contributed by atoms with Crippen molar-refractivity contribution >= 4 is 0 Å². The highest BCUT2D eigenvalue weighted by Crippen LogP contribution is 2.22. The molecule has 2 heterocycles. The first-order valence-corrected chi connectivity index (χ1v) is 5.22. The van der Waals surface area contributed by atoms with Crippen molar-refractivity contribution in [2.45, 2.75) is 19.9 Å². The van der Waals surface area contributed by atoms with E-state index in [4.69, 9.17) is 15.0 Å². The topological polar surface area (TPSA) is 87.1 Å². The maximum absolute atomic E-state index is 5.66. The zero-order valence-corrected chi connectivity index (χ0v) is 9.97. The third-order valence-electron chi connectivity index (χ3n) is 2.23. The lowest BCUT2D eigenvalue weighted by Gasteiger charge is -2.02. The number of hydrogen-bond acceptors (Lipinski definition) is 6. The number of nitrogens with zero attached hydrogens (tertiary/aromatic N) is 3. The van der Waals surface area contributed by atoms with Gasteiger partial charge in [-0.05, 0) is 19.9 Å². The van der Waals surface area contributed by atoms with Gasteiger partial charge in [0.25, 0.3) is 0 Å². The summed E-state index contributed by atoms with van der Waals surface area (Å²) in [6, 6.07) is 3.34. The maximum Gasteiger partial charge on any atom is 0.243 e. The molecular formula is C11H14N4O2. The van der Waals surface area contributed by atoms with Gasteiger partial charge in [-0.25, -0.2) is 4.98 Å². The Hall–Kier alpha value is -1.95. The highest BCUT2D eigenvalue weighted by atomic mass is 16.5. The molecule has 0 radical (unpaired) electrons.